The van der Waals surface area contributed by atoms with Crippen molar-refractivity contribution < 1.29 is 18.7 Å². The third-order valence-corrected chi connectivity index (χ3v) is 2.84. The number of para-hydroxylation sites is 1. The molecule has 1 aromatic carbocycles. The van der Waals surface area contributed by atoms with Crippen molar-refractivity contribution in [2.24, 2.45) is 0 Å². The minimum atomic E-state index is -0.267. The van der Waals surface area contributed by atoms with Crippen molar-refractivity contribution in [3.05, 3.63) is 48.2 Å². The lowest BCUT2D eigenvalue weighted by Gasteiger charge is -2.05. The van der Waals surface area contributed by atoms with Gasteiger partial charge in [0.25, 0.3) is 11.9 Å². The maximum Gasteiger partial charge on any atom is 0.290 e. The van der Waals surface area contributed by atoms with Crippen LogP contribution < -0.4 is 15.4 Å². The number of carbonyl (C=O) groups is 1. The molecule has 0 saturated heterocycles. The highest BCUT2D eigenvalue weighted by Gasteiger charge is 2.11. The maximum atomic E-state index is 11.9. The van der Waals surface area contributed by atoms with E-state index in [0.29, 0.717) is 25.4 Å². The molecule has 0 spiro atoms. The minimum Gasteiger partial charge on any atom is -0.426 e. The zero-order chi connectivity index (χ0) is 15.6. The van der Waals surface area contributed by atoms with Crippen molar-refractivity contribution in [1.82, 2.24) is 10.6 Å². The van der Waals surface area contributed by atoms with E-state index in [9.17, 15) is 4.79 Å². The molecule has 1 aromatic heterocycles. The van der Waals surface area contributed by atoms with E-state index in [-0.39, 0.29) is 17.6 Å². The SMILES string of the molecule is COCCNCCNC(=O)c1ccc(Oc2ccccc2)o1. The first-order chi connectivity index (χ1) is 10.8. The van der Waals surface area contributed by atoms with E-state index in [0.717, 1.165) is 6.54 Å². The van der Waals surface area contributed by atoms with Gasteiger partial charge in [0.1, 0.15) is 5.75 Å². The standard InChI is InChI=1S/C16H20N2O4/c1-20-12-11-17-9-10-18-16(19)14-7-8-15(22-14)21-13-5-3-2-4-6-13/h2-8,17H,9-12H2,1H3,(H,18,19). The zero-order valence-corrected chi connectivity index (χ0v) is 12.5. The minimum absolute atomic E-state index is 0.225. The fourth-order valence-electron chi connectivity index (χ4n) is 1.75. The van der Waals surface area contributed by atoms with Gasteiger partial charge in [-0.3, -0.25) is 4.79 Å². The fourth-order valence-corrected chi connectivity index (χ4v) is 1.75. The Hall–Kier alpha value is -2.31. The molecule has 0 aliphatic rings. The van der Waals surface area contributed by atoms with Crippen molar-refractivity contribution >= 4 is 5.91 Å². The maximum absolute atomic E-state index is 11.9. The first-order valence-corrected chi connectivity index (χ1v) is 7.10. The Bertz CT molecular complexity index is 569. The van der Waals surface area contributed by atoms with Gasteiger partial charge < -0.3 is 24.5 Å². The van der Waals surface area contributed by atoms with Gasteiger partial charge in [-0.05, 0) is 18.2 Å². The largest absolute Gasteiger partial charge is 0.426 e. The number of hydrogen-bond donors (Lipinski definition) is 2. The van der Waals surface area contributed by atoms with Crippen LogP contribution in [-0.4, -0.2) is 39.3 Å². The molecule has 2 aromatic rings. The summed E-state index contributed by atoms with van der Waals surface area (Å²) in [4.78, 5) is 11.9. The lowest BCUT2D eigenvalue weighted by atomic mass is 10.3. The summed E-state index contributed by atoms with van der Waals surface area (Å²) in [5.74, 6) is 0.903. The number of ether oxygens (including phenoxy) is 2. The van der Waals surface area contributed by atoms with Gasteiger partial charge in [-0.1, -0.05) is 18.2 Å². The molecule has 2 N–H and O–H groups in total. The monoisotopic (exact) mass is 304 g/mol. The molecule has 0 aliphatic heterocycles. The van der Waals surface area contributed by atoms with Crippen molar-refractivity contribution in [3.63, 3.8) is 0 Å². The Labute approximate surface area is 129 Å². The van der Waals surface area contributed by atoms with Crippen LogP contribution in [0, 0.1) is 0 Å². The van der Waals surface area contributed by atoms with Gasteiger partial charge in [-0.25, -0.2) is 0 Å². The second-order valence-corrected chi connectivity index (χ2v) is 4.53. The highest BCUT2D eigenvalue weighted by Crippen LogP contribution is 2.23. The molecule has 6 heteroatoms. The highest BCUT2D eigenvalue weighted by molar-refractivity contribution is 5.91. The van der Waals surface area contributed by atoms with Crippen LogP contribution >= 0.6 is 0 Å². The van der Waals surface area contributed by atoms with E-state index in [1.54, 1.807) is 19.2 Å². The smallest absolute Gasteiger partial charge is 0.290 e. The molecule has 2 rings (SSSR count). The Balaban J connectivity index is 1.74. The predicted molar refractivity (Wildman–Crippen MR) is 82.3 cm³/mol. The van der Waals surface area contributed by atoms with E-state index in [1.807, 2.05) is 30.3 Å². The van der Waals surface area contributed by atoms with Crippen molar-refractivity contribution in [2.75, 3.05) is 33.4 Å². The third-order valence-electron chi connectivity index (χ3n) is 2.84. The van der Waals surface area contributed by atoms with E-state index >= 15 is 0 Å². The van der Waals surface area contributed by atoms with E-state index in [4.69, 9.17) is 13.9 Å². The number of nitrogens with one attached hydrogen (secondary N) is 2. The molecule has 0 aliphatic carbocycles. The van der Waals surface area contributed by atoms with Crippen LogP contribution in [0.2, 0.25) is 0 Å². The first kappa shape index (κ1) is 16.1. The molecule has 0 radical (unpaired) electrons. The number of hydrogen-bond acceptors (Lipinski definition) is 5. The Morgan fingerprint density at radius 2 is 1.91 bits per heavy atom. The van der Waals surface area contributed by atoms with Crippen LogP contribution in [-0.2, 0) is 4.74 Å². The van der Waals surface area contributed by atoms with Crippen LogP contribution in [0.4, 0.5) is 0 Å². The Kier molecular flexibility index (Phi) is 6.47. The molecule has 0 fully saturated rings. The summed E-state index contributed by atoms with van der Waals surface area (Å²) >= 11 is 0. The molecule has 1 heterocycles. The normalized spacial score (nSPS) is 10.4. The van der Waals surface area contributed by atoms with Crippen molar-refractivity contribution in [3.8, 4) is 11.7 Å². The van der Waals surface area contributed by atoms with Crippen LogP contribution in [0.1, 0.15) is 10.6 Å². The van der Waals surface area contributed by atoms with Gasteiger partial charge in [0, 0.05) is 32.8 Å². The van der Waals surface area contributed by atoms with E-state index < -0.39 is 0 Å². The van der Waals surface area contributed by atoms with Crippen LogP contribution in [0.15, 0.2) is 46.9 Å². The number of methoxy groups -OCH3 is 1. The summed E-state index contributed by atoms with van der Waals surface area (Å²) in [6.07, 6.45) is 0. The van der Waals surface area contributed by atoms with Crippen LogP contribution in [0.25, 0.3) is 0 Å². The second kappa shape index (κ2) is 8.86. The quantitative estimate of drug-likeness (QED) is 0.694. The Morgan fingerprint density at radius 1 is 1.09 bits per heavy atom. The predicted octanol–water partition coefficient (Wildman–Crippen LogP) is 2.04. The average molecular weight is 304 g/mol. The summed E-state index contributed by atoms with van der Waals surface area (Å²) < 4.78 is 15.8. The van der Waals surface area contributed by atoms with E-state index in [1.165, 1.54) is 0 Å². The van der Waals surface area contributed by atoms with Gasteiger partial charge in [-0.15, -0.1) is 0 Å². The molecule has 22 heavy (non-hydrogen) atoms. The summed E-state index contributed by atoms with van der Waals surface area (Å²) in [5.41, 5.74) is 0. The van der Waals surface area contributed by atoms with Gasteiger partial charge >= 0.3 is 0 Å². The summed E-state index contributed by atoms with van der Waals surface area (Å²) in [7, 11) is 1.65. The molecule has 1 amide bonds. The van der Waals surface area contributed by atoms with Gasteiger partial charge in [-0.2, -0.15) is 0 Å². The molecule has 0 unspecified atom stereocenters. The fraction of sp³-hybridized carbons (Fsp3) is 0.312. The summed E-state index contributed by atoms with van der Waals surface area (Å²) in [6.45, 7) is 2.58. The number of benzene rings is 1. The van der Waals surface area contributed by atoms with Crippen molar-refractivity contribution in [2.45, 2.75) is 0 Å². The molecular formula is C16H20N2O4. The van der Waals surface area contributed by atoms with Gasteiger partial charge in [0.15, 0.2) is 5.76 Å². The third kappa shape index (κ3) is 5.23. The van der Waals surface area contributed by atoms with Crippen molar-refractivity contribution in [1.29, 1.82) is 0 Å². The van der Waals surface area contributed by atoms with Gasteiger partial charge in [0.05, 0.1) is 6.61 Å². The lowest BCUT2D eigenvalue weighted by Crippen LogP contribution is -2.32. The number of carbonyl (C=O) groups excluding carboxylic acids is 1. The topological polar surface area (TPSA) is 72.7 Å². The zero-order valence-electron chi connectivity index (χ0n) is 12.5. The van der Waals surface area contributed by atoms with Gasteiger partial charge in [0.2, 0.25) is 0 Å². The number of amides is 1. The average Bonchev–Trinajstić information content (AvgIpc) is 3.00. The lowest BCUT2D eigenvalue weighted by molar-refractivity contribution is 0.0921. The van der Waals surface area contributed by atoms with Crippen LogP contribution in [0.3, 0.4) is 0 Å². The molecule has 0 bridgehead atoms. The molecule has 118 valence electrons. The first-order valence-electron chi connectivity index (χ1n) is 7.10. The Morgan fingerprint density at radius 3 is 2.68 bits per heavy atom. The van der Waals surface area contributed by atoms with E-state index in [2.05, 4.69) is 10.6 Å². The molecule has 6 nitrogen and oxygen atoms in total. The number of furan rings is 1. The molecule has 0 saturated carbocycles. The second-order valence-electron chi connectivity index (χ2n) is 4.53. The highest BCUT2D eigenvalue weighted by atomic mass is 16.6. The molecular weight excluding hydrogens is 284 g/mol. The number of rotatable bonds is 9. The summed E-state index contributed by atoms with van der Waals surface area (Å²) in [5, 5.41) is 5.90. The summed E-state index contributed by atoms with van der Waals surface area (Å²) in [6, 6.07) is 12.5. The van der Waals surface area contributed by atoms with Crippen LogP contribution in [0.5, 0.6) is 11.7 Å². The molecule has 0 atom stereocenters.